The number of halogens is 1. The summed E-state index contributed by atoms with van der Waals surface area (Å²) in [4.78, 5) is 8.58. The second-order valence-electron chi connectivity index (χ2n) is 7.43. The predicted molar refractivity (Wildman–Crippen MR) is 116 cm³/mol. The first-order valence-corrected chi connectivity index (χ1v) is 11.3. The first-order valence-electron chi connectivity index (χ1n) is 9.82. The maximum atomic E-state index is 14.9. The molecule has 7 nitrogen and oxygen atoms in total. The van der Waals surface area contributed by atoms with E-state index in [1.165, 1.54) is 10.4 Å². The van der Waals surface area contributed by atoms with Gasteiger partial charge in [0.25, 0.3) is 0 Å². The molecular formula is C21H24FN5O2S. The van der Waals surface area contributed by atoms with Gasteiger partial charge in [0.2, 0.25) is 10.0 Å². The van der Waals surface area contributed by atoms with E-state index in [1.807, 2.05) is 6.92 Å². The Kier molecular flexibility index (Phi) is 5.68. The van der Waals surface area contributed by atoms with Gasteiger partial charge in [-0.2, -0.15) is 4.31 Å². The molecular weight excluding hydrogens is 405 g/mol. The van der Waals surface area contributed by atoms with Crippen molar-refractivity contribution in [3.8, 4) is 11.1 Å². The SMILES string of the molecule is CC1CNCCN1S(=O)(=O)c1ccccc1-c1ccc(C2=NCC(N)=NC2)c(F)c1. The van der Waals surface area contributed by atoms with Crippen molar-refractivity contribution in [2.75, 3.05) is 32.7 Å². The van der Waals surface area contributed by atoms with Gasteiger partial charge >= 0.3 is 0 Å². The van der Waals surface area contributed by atoms with Crippen LogP contribution in [0.4, 0.5) is 4.39 Å². The zero-order valence-electron chi connectivity index (χ0n) is 16.7. The minimum Gasteiger partial charge on any atom is -0.386 e. The fourth-order valence-electron chi connectivity index (χ4n) is 3.78. The summed E-state index contributed by atoms with van der Waals surface area (Å²) in [5.74, 6) is -0.0401. The molecule has 9 heteroatoms. The molecule has 3 N–H and O–H groups in total. The highest BCUT2D eigenvalue weighted by atomic mass is 32.2. The minimum atomic E-state index is -3.72. The minimum absolute atomic E-state index is 0.159. The largest absolute Gasteiger partial charge is 0.386 e. The zero-order valence-corrected chi connectivity index (χ0v) is 17.5. The molecule has 0 aliphatic carbocycles. The smallest absolute Gasteiger partial charge is 0.244 e. The highest BCUT2D eigenvalue weighted by Gasteiger charge is 2.32. The van der Waals surface area contributed by atoms with E-state index in [0.717, 1.165) is 0 Å². The molecule has 2 aromatic carbocycles. The van der Waals surface area contributed by atoms with E-state index in [4.69, 9.17) is 5.73 Å². The van der Waals surface area contributed by atoms with E-state index >= 15 is 0 Å². The molecule has 0 amide bonds. The molecule has 0 spiro atoms. The Morgan fingerprint density at radius 2 is 1.93 bits per heavy atom. The summed E-state index contributed by atoms with van der Waals surface area (Å²) in [5.41, 5.74) is 7.48. The summed E-state index contributed by atoms with van der Waals surface area (Å²) < 4.78 is 43.2. The van der Waals surface area contributed by atoms with Crippen molar-refractivity contribution in [3.63, 3.8) is 0 Å². The molecule has 1 fully saturated rings. The van der Waals surface area contributed by atoms with Crippen LogP contribution in [0.1, 0.15) is 12.5 Å². The molecule has 2 aliphatic heterocycles. The van der Waals surface area contributed by atoms with Gasteiger partial charge in [0, 0.05) is 36.8 Å². The van der Waals surface area contributed by atoms with Crippen molar-refractivity contribution in [3.05, 3.63) is 53.8 Å². The number of nitrogens with two attached hydrogens (primary N) is 1. The van der Waals surface area contributed by atoms with E-state index in [-0.39, 0.29) is 24.0 Å². The van der Waals surface area contributed by atoms with E-state index in [2.05, 4.69) is 15.3 Å². The van der Waals surface area contributed by atoms with Gasteiger partial charge in [0.15, 0.2) is 0 Å². The van der Waals surface area contributed by atoms with Crippen molar-refractivity contribution < 1.29 is 12.8 Å². The quantitative estimate of drug-likeness (QED) is 0.772. The second-order valence-corrected chi connectivity index (χ2v) is 9.29. The van der Waals surface area contributed by atoms with Crippen molar-refractivity contribution in [2.45, 2.75) is 17.9 Å². The Hall–Kier alpha value is -2.62. The molecule has 2 aliphatic rings. The van der Waals surface area contributed by atoms with E-state index < -0.39 is 15.8 Å². The Morgan fingerprint density at radius 3 is 2.63 bits per heavy atom. The highest BCUT2D eigenvalue weighted by molar-refractivity contribution is 7.89. The molecule has 2 heterocycles. The average Bonchev–Trinajstić information content (AvgIpc) is 2.75. The van der Waals surface area contributed by atoms with E-state index in [1.54, 1.807) is 36.4 Å². The second kappa shape index (κ2) is 8.25. The summed E-state index contributed by atoms with van der Waals surface area (Å²) in [7, 11) is -3.72. The number of hydrogen-bond donors (Lipinski definition) is 2. The molecule has 1 unspecified atom stereocenters. The van der Waals surface area contributed by atoms with Crippen LogP contribution < -0.4 is 11.1 Å². The maximum absolute atomic E-state index is 14.9. The third-order valence-corrected chi connectivity index (χ3v) is 7.44. The molecule has 0 bridgehead atoms. The van der Waals surface area contributed by atoms with Crippen LogP contribution in [0.3, 0.4) is 0 Å². The third-order valence-electron chi connectivity index (χ3n) is 5.37. The Bertz CT molecular complexity index is 1130. The van der Waals surface area contributed by atoms with E-state index in [9.17, 15) is 12.8 Å². The number of nitrogens with one attached hydrogen (secondary N) is 1. The molecule has 4 rings (SSSR count). The van der Waals surface area contributed by atoms with Gasteiger partial charge in [0.05, 0.1) is 23.7 Å². The number of nitrogens with zero attached hydrogens (tertiary/aromatic N) is 3. The number of rotatable bonds is 4. The molecule has 2 aromatic rings. The molecule has 158 valence electrons. The van der Waals surface area contributed by atoms with Gasteiger partial charge in [-0.3, -0.25) is 9.98 Å². The monoisotopic (exact) mass is 429 g/mol. The van der Waals surface area contributed by atoms with Crippen LogP contribution in [0.5, 0.6) is 0 Å². The van der Waals surface area contributed by atoms with Gasteiger partial charge in [-0.15, -0.1) is 0 Å². The van der Waals surface area contributed by atoms with Crippen LogP contribution in [-0.2, 0) is 10.0 Å². The molecule has 0 aromatic heterocycles. The van der Waals surface area contributed by atoms with Gasteiger partial charge in [-0.25, -0.2) is 12.8 Å². The van der Waals surface area contributed by atoms with Gasteiger partial charge < -0.3 is 11.1 Å². The predicted octanol–water partition coefficient (Wildman–Crippen LogP) is 1.63. The number of sulfonamides is 1. The van der Waals surface area contributed by atoms with Crippen LogP contribution in [0.25, 0.3) is 11.1 Å². The highest BCUT2D eigenvalue weighted by Crippen LogP contribution is 2.31. The normalized spacial score (nSPS) is 20.5. The van der Waals surface area contributed by atoms with Crippen LogP contribution >= 0.6 is 0 Å². The first kappa shape index (κ1) is 20.6. The summed E-state index contributed by atoms with van der Waals surface area (Å²) in [5, 5.41) is 3.20. The Balaban J connectivity index is 1.72. The number of benzene rings is 2. The fourth-order valence-corrected chi connectivity index (χ4v) is 5.62. The first-order chi connectivity index (χ1) is 14.4. The molecule has 1 saturated heterocycles. The Morgan fingerprint density at radius 1 is 1.13 bits per heavy atom. The summed E-state index contributed by atoms with van der Waals surface area (Å²) in [6.45, 7) is 3.95. The summed E-state index contributed by atoms with van der Waals surface area (Å²) in [6, 6.07) is 11.3. The zero-order chi connectivity index (χ0) is 21.3. The van der Waals surface area contributed by atoms with Crippen LogP contribution in [0, 0.1) is 5.82 Å². The number of aliphatic imine (C=N–C) groups is 2. The van der Waals surface area contributed by atoms with E-state index in [0.29, 0.717) is 47.9 Å². The van der Waals surface area contributed by atoms with Crippen molar-refractivity contribution in [1.82, 2.24) is 9.62 Å². The van der Waals surface area contributed by atoms with Crippen molar-refractivity contribution in [2.24, 2.45) is 15.7 Å². The summed E-state index contributed by atoms with van der Waals surface area (Å²) in [6.07, 6.45) is 0. The number of piperazine rings is 1. The van der Waals surface area contributed by atoms with Crippen LogP contribution in [0.15, 0.2) is 57.3 Å². The molecule has 0 radical (unpaired) electrons. The third kappa shape index (κ3) is 3.88. The topological polar surface area (TPSA) is 100 Å². The fraction of sp³-hybridized carbons (Fsp3) is 0.333. The molecule has 1 atom stereocenters. The molecule has 0 saturated carbocycles. The Labute approximate surface area is 175 Å². The van der Waals surface area contributed by atoms with Crippen molar-refractivity contribution >= 4 is 21.6 Å². The standard InChI is InChI=1S/C21H24FN5O2S/c1-14-11-24-8-9-27(14)30(28,29)20-5-3-2-4-16(20)15-6-7-17(18(22)10-15)19-12-26-21(23)13-25-19/h2-7,10,14,24H,8-9,11-13H2,1H3,(H2,23,26). The average molecular weight is 430 g/mol. The lowest BCUT2D eigenvalue weighted by Gasteiger charge is -2.33. The van der Waals surface area contributed by atoms with Gasteiger partial charge in [-0.1, -0.05) is 24.3 Å². The molecule has 30 heavy (non-hydrogen) atoms. The van der Waals surface area contributed by atoms with Gasteiger partial charge in [0.1, 0.15) is 11.7 Å². The maximum Gasteiger partial charge on any atom is 0.244 e. The number of hydrogen-bond acceptors (Lipinski definition) is 6. The lowest BCUT2D eigenvalue weighted by atomic mass is 10.0. The van der Waals surface area contributed by atoms with Gasteiger partial charge in [-0.05, 0) is 30.7 Å². The lowest BCUT2D eigenvalue weighted by Crippen LogP contribution is -2.52. The lowest BCUT2D eigenvalue weighted by molar-refractivity contribution is 0.284. The number of amidine groups is 1. The summed E-state index contributed by atoms with van der Waals surface area (Å²) >= 11 is 0. The van der Waals surface area contributed by atoms with Crippen LogP contribution in [0.2, 0.25) is 0 Å². The van der Waals surface area contributed by atoms with Crippen molar-refractivity contribution in [1.29, 1.82) is 0 Å². The van der Waals surface area contributed by atoms with Crippen LogP contribution in [-0.4, -0.2) is 63.0 Å².